The molecule has 0 aliphatic rings. The van der Waals surface area contributed by atoms with E-state index < -0.39 is 30.5 Å². The average molecular weight is 388 g/mol. The highest BCUT2D eigenvalue weighted by Crippen LogP contribution is 2.28. The topological polar surface area (TPSA) is 77.5 Å². The van der Waals surface area contributed by atoms with Crippen LogP contribution in [-0.2, 0) is 4.74 Å². The van der Waals surface area contributed by atoms with Crippen LogP contribution in [0.4, 0.5) is 18.2 Å². The lowest BCUT2D eigenvalue weighted by Crippen LogP contribution is -2.21. The van der Waals surface area contributed by atoms with E-state index in [0.717, 1.165) is 11.3 Å². The second-order valence-electron chi connectivity index (χ2n) is 5.06. The Balaban J connectivity index is 2.16. The van der Waals surface area contributed by atoms with Crippen LogP contribution < -0.4 is 10.1 Å². The molecule has 0 fully saturated rings. The first-order valence-electron chi connectivity index (χ1n) is 7.44. The van der Waals surface area contributed by atoms with Crippen molar-refractivity contribution >= 4 is 28.2 Å². The first-order valence-corrected chi connectivity index (χ1v) is 8.26. The number of esters is 1. The molecule has 0 radical (unpaired) electrons. The number of hydrogen-bond donors (Lipinski definition) is 1. The van der Waals surface area contributed by atoms with Crippen molar-refractivity contribution in [1.82, 2.24) is 4.98 Å². The molecule has 6 nitrogen and oxygen atoms in total. The third-order valence-electron chi connectivity index (χ3n) is 3.00. The molecule has 0 aliphatic heterocycles. The fourth-order valence-electron chi connectivity index (χ4n) is 1.95. The van der Waals surface area contributed by atoms with Gasteiger partial charge in [-0.3, -0.25) is 4.79 Å². The van der Waals surface area contributed by atoms with E-state index in [1.807, 2.05) is 0 Å². The molecule has 0 atom stereocenters. The van der Waals surface area contributed by atoms with E-state index in [1.54, 1.807) is 19.9 Å². The quantitative estimate of drug-likeness (QED) is 0.762. The molecule has 0 bridgehead atoms. The lowest BCUT2D eigenvalue weighted by molar-refractivity contribution is -0.154. The number of aryl methyl sites for hydroxylation is 1. The summed E-state index contributed by atoms with van der Waals surface area (Å²) >= 11 is 1.01. The van der Waals surface area contributed by atoms with Gasteiger partial charge in [0.15, 0.2) is 6.61 Å². The second-order valence-corrected chi connectivity index (χ2v) is 6.11. The summed E-state index contributed by atoms with van der Waals surface area (Å²) in [6, 6.07) is 4.27. The van der Waals surface area contributed by atoms with Crippen LogP contribution in [0.5, 0.6) is 5.88 Å². The molecule has 2 aromatic rings. The van der Waals surface area contributed by atoms with E-state index in [2.05, 4.69) is 15.0 Å². The van der Waals surface area contributed by atoms with Gasteiger partial charge in [0, 0.05) is 6.20 Å². The average Bonchev–Trinajstić information content (AvgIpc) is 2.93. The molecule has 0 unspecified atom stereocenters. The Hall–Kier alpha value is -2.62. The van der Waals surface area contributed by atoms with Crippen molar-refractivity contribution in [3.8, 4) is 5.88 Å². The van der Waals surface area contributed by atoms with Gasteiger partial charge in [-0.15, -0.1) is 11.3 Å². The van der Waals surface area contributed by atoms with Gasteiger partial charge < -0.3 is 14.8 Å². The van der Waals surface area contributed by atoms with Gasteiger partial charge >= 0.3 is 12.1 Å². The summed E-state index contributed by atoms with van der Waals surface area (Å²) in [7, 11) is 0. The number of pyridine rings is 1. The molecule has 0 aliphatic carbocycles. The number of thiophene rings is 1. The molecule has 140 valence electrons. The van der Waals surface area contributed by atoms with Gasteiger partial charge in [0.1, 0.15) is 10.4 Å². The summed E-state index contributed by atoms with van der Waals surface area (Å²) in [6.45, 7) is 2.01. The summed E-state index contributed by atoms with van der Waals surface area (Å²) < 4.78 is 46.4. The molecule has 26 heavy (non-hydrogen) atoms. The Morgan fingerprint density at radius 3 is 2.73 bits per heavy atom. The van der Waals surface area contributed by atoms with E-state index in [0.29, 0.717) is 15.4 Å². The van der Waals surface area contributed by atoms with Crippen LogP contribution in [0.15, 0.2) is 24.4 Å². The monoisotopic (exact) mass is 388 g/mol. The molecule has 1 amide bonds. The smallest absolute Gasteiger partial charge is 0.422 e. The van der Waals surface area contributed by atoms with Gasteiger partial charge in [0.2, 0.25) is 5.88 Å². The van der Waals surface area contributed by atoms with Crippen LogP contribution in [0.25, 0.3) is 0 Å². The third-order valence-corrected chi connectivity index (χ3v) is 4.14. The standard InChI is InChI=1S/C16H15F3N2O4S/c1-3-24-15(23)12-9(2)7-11(26-12)21-13(22)10-5-4-6-20-14(10)25-8-16(17,18)19/h4-7H,3,8H2,1-2H3,(H,21,22). The minimum absolute atomic E-state index is 0.152. The van der Waals surface area contributed by atoms with Crippen LogP contribution in [0.3, 0.4) is 0 Å². The Bertz CT molecular complexity index is 805. The van der Waals surface area contributed by atoms with Crippen molar-refractivity contribution in [2.75, 3.05) is 18.5 Å². The Labute approximate surface area is 150 Å². The molecule has 10 heteroatoms. The maximum Gasteiger partial charge on any atom is 0.422 e. The molecule has 0 saturated carbocycles. The van der Waals surface area contributed by atoms with Crippen LogP contribution in [-0.4, -0.2) is 36.3 Å². The van der Waals surface area contributed by atoms with E-state index >= 15 is 0 Å². The summed E-state index contributed by atoms with van der Waals surface area (Å²) in [5.74, 6) is -1.64. The number of nitrogens with one attached hydrogen (secondary N) is 1. The first-order chi connectivity index (χ1) is 12.2. The van der Waals surface area contributed by atoms with E-state index in [9.17, 15) is 22.8 Å². The normalized spacial score (nSPS) is 11.1. The molecular weight excluding hydrogens is 373 g/mol. The maximum atomic E-state index is 12.4. The number of hydrogen-bond acceptors (Lipinski definition) is 6. The fourth-order valence-corrected chi connectivity index (χ4v) is 2.91. The molecular formula is C16H15F3N2O4S. The molecule has 1 N–H and O–H groups in total. The van der Waals surface area contributed by atoms with Crippen molar-refractivity contribution in [2.45, 2.75) is 20.0 Å². The number of nitrogens with zero attached hydrogens (tertiary/aromatic N) is 1. The number of carbonyl (C=O) groups is 2. The predicted molar refractivity (Wildman–Crippen MR) is 88.8 cm³/mol. The zero-order valence-electron chi connectivity index (χ0n) is 13.8. The van der Waals surface area contributed by atoms with Crippen molar-refractivity contribution in [3.05, 3.63) is 40.4 Å². The minimum atomic E-state index is -4.55. The van der Waals surface area contributed by atoms with Gasteiger partial charge in [0.05, 0.1) is 11.6 Å². The van der Waals surface area contributed by atoms with Crippen molar-refractivity contribution < 1.29 is 32.2 Å². The number of alkyl halides is 3. The SMILES string of the molecule is CCOC(=O)c1sc(NC(=O)c2cccnc2OCC(F)(F)F)cc1C. The highest BCUT2D eigenvalue weighted by Gasteiger charge is 2.29. The second kappa shape index (κ2) is 8.17. The van der Waals surface area contributed by atoms with Crippen molar-refractivity contribution in [3.63, 3.8) is 0 Å². The maximum absolute atomic E-state index is 12.4. The van der Waals surface area contributed by atoms with Crippen LogP contribution in [0, 0.1) is 6.92 Å². The summed E-state index contributed by atoms with van der Waals surface area (Å²) in [5.41, 5.74) is 0.462. The van der Waals surface area contributed by atoms with Crippen molar-refractivity contribution in [1.29, 1.82) is 0 Å². The summed E-state index contributed by atoms with van der Waals surface area (Å²) in [5, 5.41) is 2.87. The fraction of sp³-hybridized carbons (Fsp3) is 0.312. The number of anilines is 1. The van der Waals surface area contributed by atoms with Gasteiger partial charge in [-0.25, -0.2) is 9.78 Å². The van der Waals surface area contributed by atoms with E-state index in [1.165, 1.54) is 18.3 Å². The Morgan fingerprint density at radius 1 is 1.35 bits per heavy atom. The van der Waals surface area contributed by atoms with E-state index in [-0.39, 0.29) is 12.2 Å². The lowest BCUT2D eigenvalue weighted by Gasteiger charge is -2.11. The first kappa shape index (κ1) is 19.7. The Morgan fingerprint density at radius 2 is 2.08 bits per heavy atom. The minimum Gasteiger partial charge on any atom is -0.467 e. The largest absolute Gasteiger partial charge is 0.467 e. The van der Waals surface area contributed by atoms with Gasteiger partial charge in [-0.2, -0.15) is 13.2 Å². The highest BCUT2D eigenvalue weighted by atomic mass is 32.1. The number of amides is 1. The summed E-state index contributed by atoms with van der Waals surface area (Å²) in [4.78, 5) is 28.2. The Kier molecular flexibility index (Phi) is 6.19. The number of ether oxygens (including phenoxy) is 2. The predicted octanol–water partition coefficient (Wildman–Crippen LogP) is 3.82. The van der Waals surface area contributed by atoms with Crippen molar-refractivity contribution in [2.24, 2.45) is 0 Å². The van der Waals surface area contributed by atoms with Crippen LogP contribution in [0.1, 0.15) is 32.5 Å². The molecule has 2 heterocycles. The molecule has 0 aromatic carbocycles. The number of rotatable bonds is 6. The zero-order valence-corrected chi connectivity index (χ0v) is 14.7. The molecule has 0 spiro atoms. The molecule has 2 aromatic heterocycles. The van der Waals surface area contributed by atoms with Crippen LogP contribution in [0.2, 0.25) is 0 Å². The molecule has 2 rings (SSSR count). The van der Waals surface area contributed by atoms with Crippen LogP contribution >= 0.6 is 11.3 Å². The number of halogens is 3. The highest BCUT2D eigenvalue weighted by molar-refractivity contribution is 7.18. The van der Waals surface area contributed by atoms with Gasteiger partial charge in [-0.1, -0.05) is 0 Å². The van der Waals surface area contributed by atoms with E-state index in [4.69, 9.17) is 4.74 Å². The summed E-state index contributed by atoms with van der Waals surface area (Å²) in [6.07, 6.45) is -3.33. The molecule has 0 saturated heterocycles. The number of aromatic nitrogens is 1. The third kappa shape index (κ3) is 5.19. The van der Waals surface area contributed by atoms with Gasteiger partial charge in [-0.05, 0) is 37.6 Å². The zero-order chi connectivity index (χ0) is 19.3. The number of carbonyl (C=O) groups excluding carboxylic acids is 2. The van der Waals surface area contributed by atoms with Gasteiger partial charge in [0.25, 0.3) is 5.91 Å². The lowest BCUT2D eigenvalue weighted by atomic mass is 10.2.